The van der Waals surface area contributed by atoms with Crippen LogP contribution in [0.2, 0.25) is 0 Å². The van der Waals surface area contributed by atoms with Crippen molar-refractivity contribution in [3.63, 3.8) is 0 Å². The number of rotatable bonds is 5. The van der Waals surface area contributed by atoms with Crippen molar-refractivity contribution >= 4 is 27.5 Å². The third kappa shape index (κ3) is 3.66. The summed E-state index contributed by atoms with van der Waals surface area (Å²) in [5.74, 6) is 3.07. The van der Waals surface area contributed by atoms with Crippen molar-refractivity contribution in [2.45, 2.75) is 50.5 Å². The molecule has 1 aromatic heterocycles. The van der Waals surface area contributed by atoms with E-state index in [-0.39, 0.29) is 12.5 Å². The van der Waals surface area contributed by atoms with Gasteiger partial charge in [0, 0.05) is 10.0 Å². The van der Waals surface area contributed by atoms with Crippen molar-refractivity contribution in [1.82, 2.24) is 20.2 Å². The number of aromatic nitrogens is 4. The summed E-state index contributed by atoms with van der Waals surface area (Å²) in [6.45, 7) is 0.0169. The van der Waals surface area contributed by atoms with Crippen molar-refractivity contribution < 1.29 is 4.79 Å². The third-order valence-corrected chi connectivity index (χ3v) is 8.32. The lowest BCUT2D eigenvalue weighted by Gasteiger charge is -2.57. The molecule has 4 bridgehead atoms. The molecule has 6 nitrogen and oxygen atoms in total. The maximum atomic E-state index is 12.6. The number of amides is 1. The van der Waals surface area contributed by atoms with Crippen molar-refractivity contribution in [2.24, 2.45) is 17.8 Å². The average molecular weight is 492 g/mol. The maximum absolute atomic E-state index is 12.6. The SMILES string of the molecule is O=C(Cn1nnc(-c2ccccc2)n1)Nc1ccc(C23CC4CC(CC(C4)C2)C3)cc1Br. The normalized spacial score (nSPS) is 28.1. The number of benzene rings is 2. The minimum absolute atomic E-state index is 0.0169. The number of nitrogens with zero attached hydrogens (tertiary/aromatic N) is 4. The number of nitrogens with one attached hydrogen (secondary N) is 1. The maximum Gasteiger partial charge on any atom is 0.248 e. The van der Waals surface area contributed by atoms with Gasteiger partial charge in [0.1, 0.15) is 6.54 Å². The highest BCUT2D eigenvalue weighted by atomic mass is 79.9. The van der Waals surface area contributed by atoms with Crippen LogP contribution in [-0.2, 0) is 16.8 Å². The Kier molecular flexibility index (Phi) is 4.90. The molecule has 1 heterocycles. The summed E-state index contributed by atoms with van der Waals surface area (Å²) in [7, 11) is 0. The molecule has 164 valence electrons. The van der Waals surface area contributed by atoms with Crippen molar-refractivity contribution in [1.29, 1.82) is 0 Å². The van der Waals surface area contributed by atoms with Gasteiger partial charge in [-0.1, -0.05) is 36.4 Å². The number of hydrogen-bond donors (Lipinski definition) is 1. The van der Waals surface area contributed by atoms with Gasteiger partial charge in [-0.15, -0.1) is 10.2 Å². The molecule has 32 heavy (non-hydrogen) atoms. The first-order valence-corrected chi connectivity index (χ1v) is 12.3. The molecular weight excluding hydrogens is 466 g/mol. The molecule has 0 aliphatic heterocycles. The van der Waals surface area contributed by atoms with Crippen LogP contribution >= 0.6 is 15.9 Å². The Bertz CT molecular complexity index is 1120. The first-order valence-electron chi connectivity index (χ1n) is 11.5. The van der Waals surface area contributed by atoms with Gasteiger partial charge in [-0.25, -0.2) is 0 Å². The first kappa shape index (κ1) is 20.1. The standard InChI is InChI=1S/C25H26BrN5O/c26-21-11-20(25-12-16-8-17(13-25)10-18(9-16)14-25)6-7-22(21)27-23(32)15-31-29-24(28-30-31)19-4-2-1-3-5-19/h1-7,11,16-18H,8-10,12-15H2,(H,27,32). The molecule has 0 unspecified atom stereocenters. The number of carbonyl (C=O) groups is 1. The highest BCUT2D eigenvalue weighted by Crippen LogP contribution is 2.61. The van der Waals surface area contributed by atoms with Crippen LogP contribution in [0.5, 0.6) is 0 Å². The zero-order chi connectivity index (χ0) is 21.7. The molecule has 1 amide bonds. The van der Waals surface area contributed by atoms with E-state index >= 15 is 0 Å². The van der Waals surface area contributed by atoms with Gasteiger partial charge in [-0.2, -0.15) is 4.80 Å². The first-order chi connectivity index (χ1) is 15.6. The Hall–Kier alpha value is -2.54. The van der Waals surface area contributed by atoms with Crippen LogP contribution in [0.4, 0.5) is 5.69 Å². The van der Waals surface area contributed by atoms with Gasteiger partial charge in [0.15, 0.2) is 0 Å². The fourth-order valence-corrected chi connectivity index (χ4v) is 7.22. The minimum atomic E-state index is -0.176. The van der Waals surface area contributed by atoms with E-state index in [1.165, 1.54) is 48.9 Å². The van der Waals surface area contributed by atoms with E-state index in [9.17, 15) is 4.79 Å². The lowest BCUT2D eigenvalue weighted by Crippen LogP contribution is -2.48. The van der Waals surface area contributed by atoms with E-state index in [1.807, 2.05) is 36.4 Å². The molecule has 2 aromatic carbocycles. The zero-order valence-corrected chi connectivity index (χ0v) is 19.5. The molecule has 1 N–H and O–H groups in total. The Labute approximate surface area is 195 Å². The predicted octanol–water partition coefficient (Wildman–Crippen LogP) is 5.21. The van der Waals surface area contributed by atoms with E-state index in [2.05, 4.69) is 48.8 Å². The zero-order valence-electron chi connectivity index (χ0n) is 17.9. The number of anilines is 1. The summed E-state index contributed by atoms with van der Waals surface area (Å²) in [6, 6.07) is 16.1. The number of tetrazole rings is 1. The lowest BCUT2D eigenvalue weighted by molar-refractivity contribution is -0.117. The van der Waals surface area contributed by atoms with Crippen LogP contribution in [0.15, 0.2) is 53.0 Å². The van der Waals surface area contributed by atoms with Gasteiger partial charge in [0.2, 0.25) is 11.7 Å². The highest BCUT2D eigenvalue weighted by molar-refractivity contribution is 9.10. The lowest BCUT2D eigenvalue weighted by atomic mass is 9.48. The summed E-state index contributed by atoms with van der Waals surface area (Å²) in [5, 5.41) is 15.4. The Morgan fingerprint density at radius 1 is 1.03 bits per heavy atom. The van der Waals surface area contributed by atoms with E-state index in [1.54, 1.807) is 0 Å². The topological polar surface area (TPSA) is 72.7 Å². The molecule has 0 spiro atoms. The molecule has 0 radical (unpaired) electrons. The summed E-state index contributed by atoms with van der Waals surface area (Å²) in [4.78, 5) is 14.0. The summed E-state index contributed by atoms with van der Waals surface area (Å²) >= 11 is 3.71. The van der Waals surface area contributed by atoms with Crippen molar-refractivity contribution in [3.8, 4) is 11.4 Å². The third-order valence-electron chi connectivity index (χ3n) is 7.66. The van der Waals surface area contributed by atoms with Crippen LogP contribution in [0, 0.1) is 17.8 Å². The quantitative estimate of drug-likeness (QED) is 0.531. The van der Waals surface area contributed by atoms with Crippen LogP contribution < -0.4 is 5.32 Å². The molecule has 7 rings (SSSR count). The predicted molar refractivity (Wildman–Crippen MR) is 126 cm³/mol. The molecule has 4 aliphatic carbocycles. The van der Waals surface area contributed by atoms with Gasteiger partial charge >= 0.3 is 0 Å². The Morgan fingerprint density at radius 3 is 2.38 bits per heavy atom. The van der Waals surface area contributed by atoms with Crippen molar-refractivity contribution in [2.75, 3.05) is 5.32 Å². The van der Waals surface area contributed by atoms with Crippen molar-refractivity contribution in [3.05, 3.63) is 58.6 Å². The molecule has 0 atom stereocenters. The second-order valence-electron chi connectivity index (χ2n) is 9.95. The largest absolute Gasteiger partial charge is 0.323 e. The van der Waals surface area contributed by atoms with E-state index in [0.717, 1.165) is 33.5 Å². The van der Waals surface area contributed by atoms with Crippen LogP contribution in [-0.4, -0.2) is 26.1 Å². The van der Waals surface area contributed by atoms with E-state index in [0.29, 0.717) is 11.2 Å². The molecule has 0 saturated heterocycles. The van der Waals surface area contributed by atoms with Crippen LogP contribution in [0.3, 0.4) is 0 Å². The van der Waals surface area contributed by atoms with E-state index in [4.69, 9.17) is 0 Å². The number of halogens is 1. The fraction of sp³-hybridized carbons (Fsp3) is 0.440. The smallest absolute Gasteiger partial charge is 0.248 e. The highest BCUT2D eigenvalue weighted by Gasteiger charge is 2.51. The summed E-state index contributed by atoms with van der Waals surface area (Å²) in [6.07, 6.45) is 8.32. The van der Waals surface area contributed by atoms with Crippen LogP contribution in [0.1, 0.15) is 44.1 Å². The minimum Gasteiger partial charge on any atom is -0.323 e. The second-order valence-corrected chi connectivity index (χ2v) is 10.8. The molecular formula is C25H26BrN5O. The molecule has 7 heteroatoms. The Balaban J connectivity index is 1.15. The summed E-state index contributed by atoms with van der Waals surface area (Å²) < 4.78 is 0.940. The molecule has 4 saturated carbocycles. The fourth-order valence-electron chi connectivity index (χ4n) is 6.74. The van der Waals surface area contributed by atoms with Gasteiger partial charge in [0.05, 0.1) is 5.69 Å². The number of carbonyl (C=O) groups excluding carboxylic acids is 1. The van der Waals surface area contributed by atoms with Gasteiger partial charge in [0.25, 0.3) is 0 Å². The van der Waals surface area contributed by atoms with Gasteiger partial charge in [-0.3, -0.25) is 4.79 Å². The summed E-state index contributed by atoms with van der Waals surface area (Å²) in [5.41, 5.74) is 3.44. The second kappa shape index (κ2) is 7.80. The van der Waals surface area contributed by atoms with Crippen LogP contribution in [0.25, 0.3) is 11.4 Å². The van der Waals surface area contributed by atoms with E-state index < -0.39 is 0 Å². The monoisotopic (exact) mass is 491 g/mol. The Morgan fingerprint density at radius 2 is 1.72 bits per heavy atom. The van der Waals surface area contributed by atoms with Gasteiger partial charge in [-0.05, 0) is 101 Å². The molecule has 4 aliphatic rings. The number of hydrogen-bond acceptors (Lipinski definition) is 4. The molecule has 4 fully saturated rings. The van der Waals surface area contributed by atoms with Gasteiger partial charge < -0.3 is 5.32 Å². The molecule has 3 aromatic rings. The average Bonchev–Trinajstić information content (AvgIpc) is 3.23.